The van der Waals surface area contributed by atoms with Crippen molar-refractivity contribution in [2.75, 3.05) is 5.32 Å². The third-order valence-electron chi connectivity index (χ3n) is 4.50. The third kappa shape index (κ3) is 3.86. The molecule has 1 aromatic heterocycles. The molecule has 1 amide bonds. The number of anilines is 1. The smallest absolute Gasteiger partial charge is 0.322 e. The van der Waals surface area contributed by atoms with Crippen LogP contribution in [0.25, 0.3) is 0 Å². The van der Waals surface area contributed by atoms with E-state index >= 15 is 0 Å². The number of rotatable bonds is 3. The molecule has 3 aromatic rings. The zero-order chi connectivity index (χ0) is 20.6. The van der Waals surface area contributed by atoms with Crippen molar-refractivity contribution in [1.82, 2.24) is 4.98 Å². The van der Waals surface area contributed by atoms with Crippen molar-refractivity contribution in [3.05, 3.63) is 88.2 Å². The van der Waals surface area contributed by atoms with Crippen LogP contribution in [0.3, 0.4) is 0 Å². The topological polar surface area (TPSA) is 54.4 Å². The molecule has 0 atom stereocenters. The van der Waals surface area contributed by atoms with Crippen molar-refractivity contribution >= 4 is 34.6 Å². The van der Waals surface area contributed by atoms with Gasteiger partial charge in [-0.15, -0.1) is 0 Å². The molecule has 0 unspecified atom stereocenters. The number of nitrogens with zero attached hydrogens (tertiary/aromatic N) is 2. The number of amides is 1. The Morgan fingerprint density at radius 3 is 2.55 bits per heavy atom. The van der Waals surface area contributed by atoms with Crippen molar-refractivity contribution in [2.24, 2.45) is 4.99 Å². The van der Waals surface area contributed by atoms with Crippen LogP contribution in [0.2, 0.25) is 5.02 Å². The molecule has 0 saturated carbocycles. The van der Waals surface area contributed by atoms with Gasteiger partial charge in [0.2, 0.25) is 0 Å². The number of pyridine rings is 1. The molecule has 4 rings (SSSR count). The van der Waals surface area contributed by atoms with Gasteiger partial charge in [0.1, 0.15) is 0 Å². The van der Waals surface area contributed by atoms with Crippen molar-refractivity contribution < 1.29 is 18.0 Å². The largest absolute Gasteiger partial charge is 0.417 e. The zero-order valence-corrected chi connectivity index (χ0v) is 15.6. The number of halogens is 4. The first-order valence-electron chi connectivity index (χ1n) is 8.61. The van der Waals surface area contributed by atoms with Gasteiger partial charge in [-0.1, -0.05) is 29.8 Å². The maximum atomic E-state index is 13.5. The van der Waals surface area contributed by atoms with E-state index in [4.69, 9.17) is 11.6 Å². The van der Waals surface area contributed by atoms with Crippen LogP contribution in [0.15, 0.2) is 65.9 Å². The van der Waals surface area contributed by atoms with Gasteiger partial charge in [-0.05, 0) is 35.9 Å². The van der Waals surface area contributed by atoms with Crippen LogP contribution in [0.4, 0.5) is 24.5 Å². The zero-order valence-electron chi connectivity index (χ0n) is 14.8. The number of hydrogen-bond acceptors (Lipinski definition) is 3. The summed E-state index contributed by atoms with van der Waals surface area (Å²) in [7, 11) is 0. The van der Waals surface area contributed by atoms with Crippen molar-refractivity contribution in [2.45, 2.75) is 12.6 Å². The fourth-order valence-corrected chi connectivity index (χ4v) is 3.37. The van der Waals surface area contributed by atoms with E-state index in [1.165, 1.54) is 12.1 Å². The van der Waals surface area contributed by atoms with Crippen LogP contribution in [-0.4, -0.2) is 16.6 Å². The van der Waals surface area contributed by atoms with E-state index in [1.54, 1.807) is 42.7 Å². The van der Waals surface area contributed by atoms with Gasteiger partial charge in [0.15, 0.2) is 0 Å². The molecule has 0 bridgehead atoms. The summed E-state index contributed by atoms with van der Waals surface area (Å²) in [5, 5.41) is 2.73. The number of carbonyl (C=O) groups is 1. The lowest BCUT2D eigenvalue weighted by atomic mass is 9.98. The molecule has 2 heterocycles. The molecule has 0 fully saturated rings. The Labute approximate surface area is 169 Å². The number of benzene rings is 2. The number of alkyl halides is 3. The second kappa shape index (κ2) is 7.33. The minimum atomic E-state index is -4.57. The van der Waals surface area contributed by atoms with E-state index in [2.05, 4.69) is 15.3 Å². The Bertz CT molecular complexity index is 1130. The van der Waals surface area contributed by atoms with Crippen molar-refractivity contribution in [3.63, 3.8) is 0 Å². The highest BCUT2D eigenvalue weighted by atomic mass is 35.5. The highest BCUT2D eigenvalue weighted by Crippen LogP contribution is 2.38. The van der Waals surface area contributed by atoms with E-state index in [9.17, 15) is 18.0 Å². The molecule has 0 spiro atoms. The van der Waals surface area contributed by atoms with Crippen LogP contribution in [0.5, 0.6) is 0 Å². The molecule has 29 heavy (non-hydrogen) atoms. The standard InChI is InChI=1S/C21H13ClF3N3O/c22-13-4-5-15(17(11-13)21(23,24)25)18-10-12-2-1-3-16(19(12)28-18)20(29)27-14-6-8-26-9-7-14/h1-9,11H,10H2,(H,26,27,29). The first-order valence-corrected chi connectivity index (χ1v) is 8.98. The van der Waals surface area contributed by atoms with E-state index in [-0.39, 0.29) is 28.3 Å². The summed E-state index contributed by atoms with van der Waals surface area (Å²) in [6.07, 6.45) is -1.30. The minimum Gasteiger partial charge on any atom is -0.322 e. The highest BCUT2D eigenvalue weighted by molar-refractivity contribution is 6.30. The van der Waals surface area contributed by atoms with Crippen LogP contribution in [0.1, 0.15) is 27.0 Å². The predicted molar refractivity (Wildman–Crippen MR) is 105 cm³/mol. The second-order valence-electron chi connectivity index (χ2n) is 6.43. The fourth-order valence-electron chi connectivity index (χ4n) is 3.20. The summed E-state index contributed by atoms with van der Waals surface area (Å²) in [6, 6.07) is 11.9. The van der Waals surface area contributed by atoms with E-state index in [1.807, 2.05) is 0 Å². The lowest BCUT2D eigenvalue weighted by Gasteiger charge is -2.13. The minimum absolute atomic E-state index is 0.00500. The SMILES string of the molecule is O=C(Nc1ccncc1)c1cccc2c1N=C(c1ccc(Cl)cc1C(F)(F)F)C2. The Balaban J connectivity index is 1.72. The molecule has 2 aromatic carbocycles. The average molecular weight is 416 g/mol. The van der Waals surface area contributed by atoms with Gasteiger partial charge in [0.05, 0.1) is 22.5 Å². The lowest BCUT2D eigenvalue weighted by Crippen LogP contribution is -2.13. The van der Waals surface area contributed by atoms with E-state index in [0.717, 1.165) is 6.07 Å². The molecule has 0 saturated heterocycles. The van der Waals surface area contributed by atoms with Crippen LogP contribution in [-0.2, 0) is 12.6 Å². The Morgan fingerprint density at radius 1 is 1.07 bits per heavy atom. The van der Waals surface area contributed by atoms with Gasteiger partial charge in [-0.2, -0.15) is 13.2 Å². The molecule has 1 aliphatic heterocycles. The monoisotopic (exact) mass is 415 g/mol. The first kappa shape index (κ1) is 19.1. The van der Waals surface area contributed by atoms with Gasteiger partial charge in [0.25, 0.3) is 5.91 Å². The maximum absolute atomic E-state index is 13.5. The van der Waals surface area contributed by atoms with Gasteiger partial charge < -0.3 is 5.32 Å². The highest BCUT2D eigenvalue weighted by Gasteiger charge is 2.36. The maximum Gasteiger partial charge on any atom is 0.417 e. The van der Waals surface area contributed by atoms with E-state index < -0.39 is 17.6 Å². The average Bonchev–Trinajstić information content (AvgIpc) is 3.12. The van der Waals surface area contributed by atoms with E-state index in [0.29, 0.717) is 16.9 Å². The summed E-state index contributed by atoms with van der Waals surface area (Å²) in [4.78, 5) is 21.0. The van der Waals surface area contributed by atoms with Crippen molar-refractivity contribution in [1.29, 1.82) is 0 Å². The number of aromatic nitrogens is 1. The Kier molecular flexibility index (Phi) is 4.84. The number of aliphatic imine (C=N–C) groups is 1. The lowest BCUT2D eigenvalue weighted by molar-refractivity contribution is -0.137. The van der Waals surface area contributed by atoms with Gasteiger partial charge in [-0.3, -0.25) is 14.8 Å². The van der Waals surface area contributed by atoms with Crippen molar-refractivity contribution in [3.8, 4) is 0 Å². The van der Waals surface area contributed by atoms with Gasteiger partial charge in [-0.25, -0.2) is 0 Å². The summed E-state index contributed by atoms with van der Waals surface area (Å²) < 4.78 is 40.4. The molecular formula is C21H13ClF3N3O. The fraction of sp³-hybridized carbons (Fsp3) is 0.0952. The number of fused-ring (bicyclic) bond motifs is 1. The second-order valence-corrected chi connectivity index (χ2v) is 6.86. The normalized spacial score (nSPS) is 13.0. The molecule has 0 aliphatic carbocycles. The number of para-hydroxylation sites is 1. The molecule has 146 valence electrons. The quantitative estimate of drug-likeness (QED) is 0.598. The summed E-state index contributed by atoms with van der Waals surface area (Å²) in [6.45, 7) is 0. The number of carbonyl (C=O) groups excluding carboxylic acids is 1. The van der Waals surface area contributed by atoms with Crippen LogP contribution in [0, 0.1) is 0 Å². The molecule has 8 heteroatoms. The van der Waals surface area contributed by atoms with Gasteiger partial charge >= 0.3 is 6.18 Å². The molecular weight excluding hydrogens is 403 g/mol. The first-order chi connectivity index (χ1) is 13.8. The number of nitrogens with one attached hydrogen (secondary N) is 1. The Hall–Kier alpha value is -3.19. The van der Waals surface area contributed by atoms with Crippen LogP contribution >= 0.6 is 11.6 Å². The summed E-state index contributed by atoms with van der Waals surface area (Å²) in [5.41, 5.74) is 1.26. The van der Waals surface area contributed by atoms with Gasteiger partial charge in [0, 0.05) is 35.1 Å². The predicted octanol–water partition coefficient (Wildman–Crippen LogP) is 5.68. The number of hydrogen-bond donors (Lipinski definition) is 1. The molecule has 4 nitrogen and oxygen atoms in total. The summed E-state index contributed by atoms with van der Waals surface area (Å²) >= 11 is 5.77. The molecule has 0 radical (unpaired) electrons. The third-order valence-corrected chi connectivity index (χ3v) is 4.74. The summed E-state index contributed by atoms with van der Waals surface area (Å²) in [5.74, 6) is -0.398. The van der Waals surface area contributed by atoms with Crippen LogP contribution < -0.4 is 5.32 Å². The Morgan fingerprint density at radius 2 is 1.83 bits per heavy atom. The molecule has 1 aliphatic rings. The molecule has 1 N–H and O–H groups in total.